The van der Waals surface area contributed by atoms with Gasteiger partial charge in [-0.25, -0.2) is 4.57 Å². The number of hydrogen-bond donors (Lipinski definition) is 1. The molecule has 0 unspecified atom stereocenters. The van der Waals surface area contributed by atoms with Gasteiger partial charge in [-0.05, 0) is 24.3 Å². The van der Waals surface area contributed by atoms with Crippen molar-refractivity contribution in [3.05, 3.63) is 60.7 Å². The Morgan fingerprint density at radius 1 is 0.913 bits per heavy atom. The first-order valence-corrected chi connectivity index (χ1v) is 8.73. The van der Waals surface area contributed by atoms with Crippen LogP contribution in [0, 0.1) is 5.41 Å². The standard InChI is InChI=1S/C17H21O5P/c1-17(2,13-18)14-20-23(19,21-15-9-5-3-6-10-15)22-16-11-7-4-8-12-16/h3-12,18H,13-14H2,1-2H3. The number of phosphoric acid groups is 1. The number of rotatable bonds is 8. The SMILES string of the molecule is CC(C)(CO)COP(=O)(Oc1ccccc1)Oc1ccccc1. The van der Waals surface area contributed by atoms with Crippen LogP contribution in [0.15, 0.2) is 60.7 Å². The highest BCUT2D eigenvalue weighted by molar-refractivity contribution is 7.49. The molecule has 0 aliphatic rings. The zero-order chi connectivity index (χ0) is 16.8. The van der Waals surface area contributed by atoms with Gasteiger partial charge in [0, 0.05) is 5.41 Å². The average Bonchev–Trinajstić information content (AvgIpc) is 2.55. The molecule has 0 heterocycles. The van der Waals surface area contributed by atoms with Crippen LogP contribution in [-0.2, 0) is 9.09 Å². The van der Waals surface area contributed by atoms with Crippen molar-refractivity contribution in [2.75, 3.05) is 13.2 Å². The van der Waals surface area contributed by atoms with Crippen LogP contribution >= 0.6 is 7.82 Å². The molecule has 0 atom stereocenters. The average molecular weight is 336 g/mol. The first-order chi connectivity index (χ1) is 10.9. The quantitative estimate of drug-likeness (QED) is 0.729. The van der Waals surface area contributed by atoms with Gasteiger partial charge in [0.15, 0.2) is 0 Å². The third kappa shape index (κ3) is 5.71. The van der Waals surface area contributed by atoms with Crippen molar-refractivity contribution < 1.29 is 23.2 Å². The minimum atomic E-state index is -3.88. The maximum absolute atomic E-state index is 13.0. The Balaban J connectivity index is 2.17. The molecule has 6 heteroatoms. The number of benzene rings is 2. The zero-order valence-corrected chi connectivity index (χ0v) is 14.1. The lowest BCUT2D eigenvalue weighted by atomic mass is 9.97. The van der Waals surface area contributed by atoms with E-state index in [9.17, 15) is 9.67 Å². The molecular formula is C17H21O5P. The molecule has 0 fully saturated rings. The maximum Gasteiger partial charge on any atom is 0.587 e. The summed E-state index contributed by atoms with van der Waals surface area (Å²) in [6.07, 6.45) is 0. The highest BCUT2D eigenvalue weighted by atomic mass is 31.2. The van der Waals surface area contributed by atoms with E-state index in [1.165, 1.54) is 0 Å². The van der Waals surface area contributed by atoms with Crippen LogP contribution in [0.5, 0.6) is 11.5 Å². The van der Waals surface area contributed by atoms with E-state index in [1.807, 2.05) is 12.1 Å². The normalized spacial score (nSPS) is 12.0. The second-order valence-corrected chi connectivity index (χ2v) is 7.37. The molecule has 0 amide bonds. The maximum atomic E-state index is 13.0. The summed E-state index contributed by atoms with van der Waals surface area (Å²) < 4.78 is 29.4. The summed E-state index contributed by atoms with van der Waals surface area (Å²) in [5, 5.41) is 9.32. The molecule has 0 spiro atoms. The smallest absolute Gasteiger partial charge is 0.396 e. The summed E-state index contributed by atoms with van der Waals surface area (Å²) in [5.74, 6) is 0.766. The van der Waals surface area contributed by atoms with E-state index in [0.29, 0.717) is 11.5 Å². The van der Waals surface area contributed by atoms with E-state index in [1.54, 1.807) is 62.4 Å². The molecule has 1 N–H and O–H groups in total. The van der Waals surface area contributed by atoms with Crippen molar-refractivity contribution in [1.29, 1.82) is 0 Å². The van der Waals surface area contributed by atoms with Crippen molar-refractivity contribution >= 4 is 7.82 Å². The molecule has 124 valence electrons. The minimum absolute atomic E-state index is 0.0282. The monoisotopic (exact) mass is 336 g/mol. The van der Waals surface area contributed by atoms with Gasteiger partial charge in [-0.2, -0.15) is 0 Å². The Hall–Kier alpha value is -1.81. The van der Waals surface area contributed by atoms with Crippen molar-refractivity contribution in [3.63, 3.8) is 0 Å². The number of hydrogen-bond acceptors (Lipinski definition) is 5. The predicted octanol–water partition coefficient (Wildman–Crippen LogP) is 4.29. The summed E-state index contributed by atoms with van der Waals surface area (Å²) in [4.78, 5) is 0. The first-order valence-electron chi connectivity index (χ1n) is 7.27. The van der Waals surface area contributed by atoms with E-state index < -0.39 is 13.2 Å². The molecule has 5 nitrogen and oxygen atoms in total. The minimum Gasteiger partial charge on any atom is -0.396 e. The predicted molar refractivity (Wildman–Crippen MR) is 88.6 cm³/mol. The summed E-state index contributed by atoms with van der Waals surface area (Å²) in [7, 11) is -3.88. The summed E-state index contributed by atoms with van der Waals surface area (Å²) >= 11 is 0. The number of para-hydroxylation sites is 2. The number of aliphatic hydroxyl groups excluding tert-OH is 1. The lowest BCUT2D eigenvalue weighted by Gasteiger charge is -2.25. The van der Waals surface area contributed by atoms with Gasteiger partial charge in [-0.1, -0.05) is 50.2 Å². The Kier molecular flexibility index (Phi) is 5.83. The molecular weight excluding hydrogens is 315 g/mol. The second-order valence-electron chi connectivity index (χ2n) is 5.85. The summed E-state index contributed by atoms with van der Waals surface area (Å²) in [5.41, 5.74) is -0.560. The van der Waals surface area contributed by atoms with Gasteiger partial charge < -0.3 is 14.2 Å². The van der Waals surface area contributed by atoms with Crippen LogP contribution in [0.3, 0.4) is 0 Å². The van der Waals surface area contributed by atoms with Crippen molar-refractivity contribution in [1.82, 2.24) is 0 Å². The topological polar surface area (TPSA) is 65.0 Å². The molecule has 0 aliphatic carbocycles. The lowest BCUT2D eigenvalue weighted by Crippen LogP contribution is -2.24. The fourth-order valence-corrected chi connectivity index (χ4v) is 3.00. The third-order valence-corrected chi connectivity index (χ3v) is 4.28. The van der Waals surface area contributed by atoms with Gasteiger partial charge in [-0.15, -0.1) is 0 Å². The molecule has 0 bridgehead atoms. The molecule has 0 radical (unpaired) electrons. The van der Waals surface area contributed by atoms with E-state index in [2.05, 4.69) is 0 Å². The fourth-order valence-electron chi connectivity index (χ4n) is 1.59. The highest BCUT2D eigenvalue weighted by Gasteiger charge is 2.33. The molecule has 2 aromatic rings. The van der Waals surface area contributed by atoms with Gasteiger partial charge in [0.1, 0.15) is 11.5 Å². The van der Waals surface area contributed by atoms with Gasteiger partial charge in [0.2, 0.25) is 0 Å². The van der Waals surface area contributed by atoms with Crippen LogP contribution in [-0.4, -0.2) is 18.3 Å². The molecule has 0 saturated carbocycles. The number of aliphatic hydroxyl groups is 1. The second kappa shape index (κ2) is 7.64. The Labute approximate surface area is 136 Å². The third-order valence-electron chi connectivity index (χ3n) is 2.96. The van der Waals surface area contributed by atoms with Crippen molar-refractivity contribution in [3.8, 4) is 11.5 Å². The van der Waals surface area contributed by atoms with Crippen LogP contribution in [0.1, 0.15) is 13.8 Å². The highest BCUT2D eigenvalue weighted by Crippen LogP contribution is 2.50. The van der Waals surface area contributed by atoms with E-state index in [4.69, 9.17) is 13.6 Å². The number of phosphoric ester groups is 1. The molecule has 2 aromatic carbocycles. The summed E-state index contributed by atoms with van der Waals surface area (Å²) in [6.45, 7) is 3.51. The van der Waals surface area contributed by atoms with Crippen molar-refractivity contribution in [2.45, 2.75) is 13.8 Å². The van der Waals surface area contributed by atoms with Crippen LogP contribution < -0.4 is 9.05 Å². The molecule has 0 saturated heterocycles. The Morgan fingerprint density at radius 2 is 1.35 bits per heavy atom. The Morgan fingerprint density at radius 3 is 1.74 bits per heavy atom. The van der Waals surface area contributed by atoms with Crippen LogP contribution in [0.4, 0.5) is 0 Å². The van der Waals surface area contributed by atoms with Gasteiger partial charge in [0.25, 0.3) is 0 Å². The van der Waals surface area contributed by atoms with E-state index >= 15 is 0 Å². The zero-order valence-electron chi connectivity index (χ0n) is 13.2. The largest absolute Gasteiger partial charge is 0.587 e. The van der Waals surface area contributed by atoms with Gasteiger partial charge in [-0.3, -0.25) is 4.52 Å². The lowest BCUT2D eigenvalue weighted by molar-refractivity contribution is 0.0807. The molecule has 0 aliphatic heterocycles. The van der Waals surface area contributed by atoms with Crippen LogP contribution in [0.2, 0.25) is 0 Å². The Bertz CT molecular complexity index is 597. The van der Waals surface area contributed by atoms with Crippen molar-refractivity contribution in [2.24, 2.45) is 5.41 Å². The van der Waals surface area contributed by atoms with Crippen LogP contribution in [0.25, 0.3) is 0 Å². The first kappa shape index (κ1) is 17.5. The fraction of sp³-hybridized carbons (Fsp3) is 0.294. The summed E-state index contributed by atoms with van der Waals surface area (Å²) in [6, 6.07) is 17.4. The van der Waals surface area contributed by atoms with E-state index in [0.717, 1.165) is 0 Å². The van der Waals surface area contributed by atoms with E-state index in [-0.39, 0.29) is 13.2 Å². The molecule has 0 aromatic heterocycles. The van der Waals surface area contributed by atoms with Gasteiger partial charge >= 0.3 is 7.82 Å². The molecule has 2 rings (SSSR count). The molecule has 23 heavy (non-hydrogen) atoms. The van der Waals surface area contributed by atoms with Gasteiger partial charge in [0.05, 0.1) is 13.2 Å².